The van der Waals surface area contributed by atoms with Gasteiger partial charge in [-0.1, -0.05) is 105 Å². The number of fused-ring (bicyclic) bond motifs is 4. The number of hydrogen-bond donors (Lipinski definition) is 4. The van der Waals surface area contributed by atoms with Crippen LogP contribution < -0.4 is 78.8 Å². The van der Waals surface area contributed by atoms with E-state index in [1.165, 1.54) is 30.3 Å². The Kier molecular flexibility index (Phi) is 34.3. The van der Waals surface area contributed by atoms with Crippen LogP contribution in [0.4, 0.5) is 73.5 Å². The molecule has 4 unspecified atom stereocenters. The molecule has 4 N–H and O–H groups in total. The van der Waals surface area contributed by atoms with Gasteiger partial charge in [0.25, 0.3) is 0 Å². The number of aromatic nitrogens is 4. The average molecular weight is 1990 g/mol. The third-order valence-corrected chi connectivity index (χ3v) is 25.5. The smallest absolute Gasteiger partial charge is 0.326 e. The number of anilines is 8. The van der Waals surface area contributed by atoms with E-state index < -0.39 is 39.3 Å². The molecular weight excluding hydrogens is 1870 g/mol. The second-order valence-corrected chi connectivity index (χ2v) is 38.6. The van der Waals surface area contributed by atoms with Crippen molar-refractivity contribution in [2.75, 3.05) is 93.5 Å². The van der Waals surface area contributed by atoms with Crippen LogP contribution in [0.15, 0.2) is 243 Å². The molecule has 0 spiro atoms. The zero-order valence-corrected chi connectivity index (χ0v) is 84.3. The maximum atomic E-state index is 14.3. The summed E-state index contributed by atoms with van der Waals surface area (Å²) in [6.45, 7) is 31.5. The number of ether oxygens (including phenoxy) is 8. The van der Waals surface area contributed by atoms with Crippen LogP contribution in [-0.2, 0) is 19.2 Å². The molecule has 8 aromatic carbocycles. The molecule has 0 aliphatic carbocycles. The van der Waals surface area contributed by atoms with Gasteiger partial charge in [0.15, 0.2) is 0 Å². The number of nitrogens with one attached hydrogen (secondary N) is 4. The van der Waals surface area contributed by atoms with Crippen LogP contribution in [0.25, 0.3) is 44.5 Å². The number of carbonyl (C=O) groups is 8. The van der Waals surface area contributed by atoms with E-state index in [9.17, 15) is 47.1 Å². The number of halogens is 4. The van der Waals surface area contributed by atoms with Crippen LogP contribution in [0, 0.1) is 33.3 Å². The Morgan fingerprint density at radius 3 is 0.923 bits per heavy atom. The molecule has 0 saturated heterocycles. The van der Waals surface area contributed by atoms with Gasteiger partial charge in [-0.05, 0) is 265 Å². The van der Waals surface area contributed by atoms with Gasteiger partial charge in [0.1, 0.15) is 109 Å². The van der Waals surface area contributed by atoms with E-state index in [-0.39, 0.29) is 108 Å². The summed E-state index contributed by atoms with van der Waals surface area (Å²) in [6, 6.07) is 63.1. The summed E-state index contributed by atoms with van der Waals surface area (Å²) in [5.74, 6) is 3.28. The highest BCUT2D eigenvalue weighted by Gasteiger charge is 2.37. The van der Waals surface area contributed by atoms with Gasteiger partial charge in [-0.2, -0.15) is 0 Å². The summed E-state index contributed by atoms with van der Waals surface area (Å²) in [5.41, 5.74) is 9.30. The first-order valence-electron chi connectivity index (χ1n) is 47.1. The first-order valence-corrected chi connectivity index (χ1v) is 47.9. The Labute approximate surface area is 841 Å². The van der Waals surface area contributed by atoms with Crippen molar-refractivity contribution >= 4 is 116 Å². The van der Waals surface area contributed by atoms with Crippen molar-refractivity contribution in [1.29, 1.82) is 0 Å². The minimum absolute atomic E-state index is 0.0459. The lowest BCUT2D eigenvalue weighted by Crippen LogP contribution is -2.45. The molecule has 0 saturated carbocycles. The fourth-order valence-corrected chi connectivity index (χ4v) is 14.9. The second kappa shape index (κ2) is 46.6. The number of benzene rings is 8. The molecular formula is C111H118Cl2F2N12O16. The standard InChI is InChI=1S/2C28H29ClFN3O4.C28H31N3O4.C27H29N3O4/c1-5-21-15-33(27(35)32-20-8-9-23(30)22(29)13-20)24-10-6-18(12-25(24)37-21)19-7-11-26(31-14-19)36-16-28(3,4)17(2)34;1-5-21-15-33(27(35)32-23-9-8-20(29)13-22(23)30)24-10-6-18(12-25(24)37-21)19-7-11-26(31-14-19)36-16-28(3,4)17(2)34;1-5-23-17-31(27(33)30-22-9-7-6-8-10-22)24-13-11-20(15-25(24)35-23)21-12-14-26(29-16-21)34-18-28(3,4)19(2)32;1-18-16-30(26(32)29-22-8-6-5-7-9-22)23-12-10-20(14-24(23)34-18)21-11-13-25(28-15-21)33-17-27(3,4)19(2)31/h2*6-14,21H,5,15-16H2,1-4H3,(H,32,35);6-16,23H,5,17-18H2,1-4H3,(H,30,33);5-15,18H,16-17H2,1-4H3,(H,29,32). The number of ketones is 4. The molecule has 4 aromatic heterocycles. The molecule has 0 radical (unpaired) electrons. The first-order chi connectivity index (χ1) is 68.1. The van der Waals surface area contributed by atoms with E-state index in [2.05, 4.69) is 41.2 Å². The van der Waals surface area contributed by atoms with Gasteiger partial charge in [0.2, 0.25) is 23.5 Å². The number of para-hydroxylation sites is 2. The molecule has 0 fully saturated rings. The molecule has 4 aliphatic heterocycles. The molecule has 4 atom stereocenters. The number of nitrogens with zero attached hydrogens (tertiary/aromatic N) is 8. The van der Waals surface area contributed by atoms with Crippen molar-refractivity contribution in [3.8, 4) is 91.0 Å². The highest BCUT2D eigenvalue weighted by molar-refractivity contribution is 6.31. The van der Waals surface area contributed by atoms with E-state index in [4.69, 9.17) is 61.1 Å². The fourth-order valence-electron chi connectivity index (χ4n) is 14.5. The van der Waals surface area contributed by atoms with Crippen LogP contribution in [0.3, 0.4) is 0 Å². The predicted molar refractivity (Wildman–Crippen MR) is 554 cm³/mol. The Balaban J connectivity index is 0.000000160. The van der Waals surface area contributed by atoms with Crippen LogP contribution in [-0.4, -0.2) is 144 Å². The van der Waals surface area contributed by atoms with Crippen molar-refractivity contribution in [3.05, 3.63) is 265 Å². The zero-order chi connectivity index (χ0) is 103. The molecule has 12 aromatic rings. The summed E-state index contributed by atoms with van der Waals surface area (Å²) >= 11 is 11.7. The number of carbonyl (C=O) groups excluding carboxylic acids is 8. The number of hydrogen-bond acceptors (Lipinski definition) is 20. The van der Waals surface area contributed by atoms with Gasteiger partial charge in [0, 0.05) is 93.4 Å². The van der Waals surface area contributed by atoms with Gasteiger partial charge in [-0.25, -0.2) is 47.9 Å². The molecule has 28 nitrogen and oxygen atoms in total. The SMILES string of the molecule is CC(=O)C(C)(C)COc1ccc(-c2ccc3c(c2)OC(C)CN3C(=O)Nc2ccccc2)cn1.CCC1CN(C(=O)Nc2ccc(Cl)cc2F)c2ccc(-c3ccc(OCC(C)(C)C(C)=O)nc3)cc2O1.CCC1CN(C(=O)Nc2ccc(F)c(Cl)c2)c2ccc(-c3ccc(OCC(C)(C)C(C)=O)nc3)cc2O1.CCC1CN(C(=O)Nc2ccccc2)c2ccc(-c3ccc(OCC(C)(C)C(C)=O)nc3)cc2O1. The Morgan fingerprint density at radius 1 is 0.343 bits per heavy atom. The van der Waals surface area contributed by atoms with E-state index in [1.807, 2.05) is 235 Å². The molecule has 8 amide bonds. The normalized spacial score (nSPS) is 15.0. The summed E-state index contributed by atoms with van der Waals surface area (Å²) in [5, 5.41) is 11.5. The lowest BCUT2D eigenvalue weighted by atomic mass is 9.90. The van der Waals surface area contributed by atoms with E-state index in [0.717, 1.165) is 79.7 Å². The monoisotopic (exact) mass is 1980 g/mol. The van der Waals surface area contributed by atoms with Crippen LogP contribution >= 0.6 is 23.2 Å². The minimum atomic E-state index is -0.610. The molecule has 4 aliphatic rings. The Hall–Kier alpha value is -15.0. The van der Waals surface area contributed by atoms with Crippen LogP contribution in [0.5, 0.6) is 46.5 Å². The van der Waals surface area contributed by atoms with Crippen LogP contribution in [0.2, 0.25) is 10.0 Å². The van der Waals surface area contributed by atoms with Gasteiger partial charge < -0.3 is 59.2 Å². The summed E-state index contributed by atoms with van der Waals surface area (Å²) in [7, 11) is 0. The maximum absolute atomic E-state index is 14.3. The van der Waals surface area contributed by atoms with Gasteiger partial charge in [-0.3, -0.25) is 38.8 Å². The fraction of sp³-hybridized carbons (Fsp3) is 0.315. The lowest BCUT2D eigenvalue weighted by molar-refractivity contribution is -0.127. The molecule has 16 rings (SSSR count). The summed E-state index contributed by atoms with van der Waals surface area (Å²) in [6.07, 6.45) is 8.36. The highest BCUT2D eigenvalue weighted by atomic mass is 35.5. The van der Waals surface area contributed by atoms with E-state index in [1.54, 1.807) is 102 Å². The number of Topliss-reactive ketones (excluding diaryl/α,β-unsaturated/α-hetero) is 4. The first kappa shape index (κ1) is 105. The highest BCUT2D eigenvalue weighted by Crippen LogP contribution is 2.45. The van der Waals surface area contributed by atoms with Crippen molar-refractivity contribution in [3.63, 3.8) is 0 Å². The number of rotatable bonds is 27. The number of amides is 8. The topological polar surface area (TPSA) is 323 Å². The lowest BCUT2D eigenvalue weighted by Gasteiger charge is -2.35. The molecule has 143 heavy (non-hydrogen) atoms. The Morgan fingerprint density at radius 2 is 0.636 bits per heavy atom. The molecule has 8 heterocycles. The van der Waals surface area contributed by atoms with Crippen molar-refractivity contribution < 1.29 is 85.0 Å². The molecule has 746 valence electrons. The summed E-state index contributed by atoms with van der Waals surface area (Å²) in [4.78, 5) is 123. The van der Waals surface area contributed by atoms with Crippen molar-refractivity contribution in [2.24, 2.45) is 21.7 Å². The van der Waals surface area contributed by atoms with E-state index in [0.29, 0.717) is 103 Å². The maximum Gasteiger partial charge on any atom is 0.326 e. The zero-order valence-electron chi connectivity index (χ0n) is 82.8. The van der Waals surface area contributed by atoms with Crippen LogP contribution in [0.1, 0.15) is 130 Å². The van der Waals surface area contributed by atoms with Crippen molar-refractivity contribution in [1.82, 2.24) is 19.9 Å². The number of pyridine rings is 4. The van der Waals surface area contributed by atoms with E-state index >= 15 is 0 Å². The largest absolute Gasteiger partial charge is 0.487 e. The van der Waals surface area contributed by atoms with Gasteiger partial charge in [0.05, 0.1) is 81.3 Å². The summed E-state index contributed by atoms with van der Waals surface area (Å²) < 4.78 is 75.2. The van der Waals surface area contributed by atoms with Gasteiger partial charge in [-0.15, -0.1) is 0 Å². The minimum Gasteiger partial charge on any atom is -0.487 e. The average Bonchev–Trinajstić information content (AvgIpc) is 0.790. The number of urea groups is 4. The van der Waals surface area contributed by atoms with Gasteiger partial charge >= 0.3 is 24.1 Å². The second-order valence-electron chi connectivity index (χ2n) is 37.7. The third kappa shape index (κ3) is 27.4. The third-order valence-electron chi connectivity index (χ3n) is 25.0. The van der Waals surface area contributed by atoms with Crippen molar-refractivity contribution in [2.45, 2.75) is 154 Å². The predicted octanol–water partition coefficient (Wildman–Crippen LogP) is 25.0. The Bertz CT molecular complexity index is 6570. The molecule has 0 bridgehead atoms. The molecule has 32 heteroatoms. The quantitative estimate of drug-likeness (QED) is 0.0372.